The third-order valence-corrected chi connectivity index (χ3v) is 6.01. The van der Waals surface area contributed by atoms with Crippen molar-refractivity contribution in [1.82, 2.24) is 14.9 Å². The normalized spacial score (nSPS) is 11.0. The molecule has 1 amide bonds. The molecule has 0 unspecified atom stereocenters. The Balaban J connectivity index is 1.27. The Morgan fingerprint density at radius 2 is 1.74 bits per heavy atom. The molecule has 6 heteroatoms. The molecule has 176 valence electrons. The van der Waals surface area contributed by atoms with Crippen LogP contribution in [-0.4, -0.2) is 29.2 Å². The number of imidazole rings is 1. The number of hydrogen-bond donors (Lipinski definition) is 1. The van der Waals surface area contributed by atoms with Crippen molar-refractivity contribution in [2.45, 2.75) is 19.5 Å². The minimum Gasteiger partial charge on any atom is -0.497 e. The molecule has 5 rings (SSSR count). The molecule has 0 radical (unpaired) electrons. The molecule has 0 saturated carbocycles. The lowest BCUT2D eigenvalue weighted by atomic mass is 10.1. The van der Waals surface area contributed by atoms with Gasteiger partial charge in [-0.1, -0.05) is 54.6 Å². The highest BCUT2D eigenvalue weighted by Gasteiger charge is 2.13. The number of amides is 1. The molecule has 0 bridgehead atoms. The van der Waals surface area contributed by atoms with Crippen molar-refractivity contribution < 1.29 is 14.3 Å². The summed E-state index contributed by atoms with van der Waals surface area (Å²) in [6, 6.07) is 29.5. The van der Waals surface area contributed by atoms with Gasteiger partial charge in [-0.2, -0.15) is 0 Å². The molecule has 6 nitrogen and oxygen atoms in total. The zero-order chi connectivity index (χ0) is 24.0. The lowest BCUT2D eigenvalue weighted by Crippen LogP contribution is -2.25. The number of fused-ring (bicyclic) bond motifs is 2. The van der Waals surface area contributed by atoms with Crippen molar-refractivity contribution in [3.63, 3.8) is 0 Å². The van der Waals surface area contributed by atoms with E-state index in [0.717, 1.165) is 41.0 Å². The van der Waals surface area contributed by atoms with E-state index in [0.29, 0.717) is 24.5 Å². The van der Waals surface area contributed by atoms with Crippen LogP contribution < -0.4 is 14.8 Å². The second-order valence-electron chi connectivity index (χ2n) is 8.26. The number of benzene rings is 4. The molecule has 0 aliphatic heterocycles. The number of carbonyl (C=O) groups is 1. The Morgan fingerprint density at radius 1 is 0.943 bits per heavy atom. The first-order chi connectivity index (χ1) is 17.2. The van der Waals surface area contributed by atoms with Crippen molar-refractivity contribution >= 4 is 27.7 Å². The fourth-order valence-electron chi connectivity index (χ4n) is 4.26. The number of para-hydroxylation sites is 2. The summed E-state index contributed by atoms with van der Waals surface area (Å²) >= 11 is 0. The van der Waals surface area contributed by atoms with E-state index >= 15 is 0 Å². The van der Waals surface area contributed by atoms with Crippen molar-refractivity contribution in [3.8, 4) is 11.5 Å². The van der Waals surface area contributed by atoms with Crippen LogP contribution in [0.5, 0.6) is 11.5 Å². The van der Waals surface area contributed by atoms with Crippen LogP contribution in [-0.2, 0) is 13.1 Å². The molecule has 5 aromatic rings. The number of ether oxygens (including phenoxy) is 2. The van der Waals surface area contributed by atoms with Gasteiger partial charge in [0.1, 0.15) is 17.3 Å². The monoisotopic (exact) mass is 465 g/mol. The molecule has 0 fully saturated rings. The third-order valence-electron chi connectivity index (χ3n) is 6.01. The number of rotatable bonds is 9. The Kier molecular flexibility index (Phi) is 6.61. The molecule has 0 aliphatic rings. The molecule has 1 aromatic heterocycles. The summed E-state index contributed by atoms with van der Waals surface area (Å²) in [6.07, 6.45) is 0.806. The first-order valence-electron chi connectivity index (χ1n) is 11.7. The molecule has 0 spiro atoms. The van der Waals surface area contributed by atoms with E-state index in [9.17, 15) is 4.79 Å². The van der Waals surface area contributed by atoms with E-state index in [2.05, 4.69) is 34.1 Å². The quantitative estimate of drug-likeness (QED) is 0.288. The average Bonchev–Trinajstić information content (AvgIpc) is 3.27. The maximum atomic E-state index is 12.7. The average molecular weight is 466 g/mol. The number of hydrogen-bond acceptors (Lipinski definition) is 4. The summed E-state index contributed by atoms with van der Waals surface area (Å²) in [5, 5.41) is 5.28. The summed E-state index contributed by atoms with van der Waals surface area (Å²) in [4.78, 5) is 17.5. The predicted molar refractivity (Wildman–Crippen MR) is 138 cm³/mol. The van der Waals surface area contributed by atoms with E-state index in [-0.39, 0.29) is 5.91 Å². The highest BCUT2D eigenvalue weighted by Crippen LogP contribution is 2.25. The largest absolute Gasteiger partial charge is 0.497 e. The Morgan fingerprint density at radius 3 is 2.66 bits per heavy atom. The molecular weight excluding hydrogens is 438 g/mol. The fraction of sp³-hybridized carbons (Fsp3) is 0.172. The van der Waals surface area contributed by atoms with E-state index in [1.165, 1.54) is 5.39 Å². The number of nitrogens with one attached hydrogen (secondary N) is 1. The molecule has 0 atom stereocenters. The summed E-state index contributed by atoms with van der Waals surface area (Å²) in [6.45, 7) is 1.64. The van der Waals surface area contributed by atoms with Gasteiger partial charge in [-0.15, -0.1) is 0 Å². The van der Waals surface area contributed by atoms with Crippen molar-refractivity contribution in [2.75, 3.05) is 13.7 Å². The maximum Gasteiger partial charge on any atom is 0.251 e. The number of methoxy groups -OCH3 is 1. The van der Waals surface area contributed by atoms with Gasteiger partial charge < -0.3 is 19.4 Å². The maximum absolute atomic E-state index is 12.7. The smallest absolute Gasteiger partial charge is 0.251 e. The van der Waals surface area contributed by atoms with E-state index < -0.39 is 0 Å². The SMILES string of the molecule is COc1cccc(C(=O)NCc2nc3ccccc3n2CCCOc2cccc3ccccc23)c1. The van der Waals surface area contributed by atoms with Gasteiger partial charge in [0.05, 0.1) is 31.3 Å². The zero-order valence-corrected chi connectivity index (χ0v) is 19.6. The highest BCUT2D eigenvalue weighted by molar-refractivity contribution is 5.94. The van der Waals surface area contributed by atoms with E-state index in [1.54, 1.807) is 25.3 Å². The van der Waals surface area contributed by atoms with Gasteiger partial charge in [0.2, 0.25) is 0 Å². The summed E-state index contributed by atoms with van der Waals surface area (Å²) in [5.74, 6) is 2.19. The van der Waals surface area contributed by atoms with Gasteiger partial charge >= 0.3 is 0 Å². The summed E-state index contributed by atoms with van der Waals surface area (Å²) in [7, 11) is 1.59. The molecular formula is C29H27N3O3. The molecule has 0 aliphatic carbocycles. The van der Waals surface area contributed by atoms with Crippen molar-refractivity contribution in [3.05, 3.63) is 102 Å². The standard InChI is InChI=1S/C29H27N3O3/c1-34-23-12-6-11-22(19-23)29(33)30-20-28-31-25-14-4-5-15-26(25)32(28)17-8-18-35-27-16-7-10-21-9-2-3-13-24(21)27/h2-7,9-16,19H,8,17-18,20H2,1H3,(H,30,33). The van der Waals surface area contributed by atoms with Crippen molar-refractivity contribution in [1.29, 1.82) is 0 Å². The number of carbonyl (C=O) groups excluding carboxylic acids is 1. The Hall–Kier alpha value is -4.32. The van der Waals surface area contributed by atoms with Gasteiger partial charge in [-0.05, 0) is 48.2 Å². The van der Waals surface area contributed by atoms with Crippen LogP contribution >= 0.6 is 0 Å². The third kappa shape index (κ3) is 4.96. The van der Waals surface area contributed by atoms with Crippen molar-refractivity contribution in [2.24, 2.45) is 0 Å². The van der Waals surface area contributed by atoms with Crippen LogP contribution in [0.4, 0.5) is 0 Å². The lowest BCUT2D eigenvalue weighted by molar-refractivity contribution is 0.0949. The molecule has 1 N–H and O–H groups in total. The number of aromatic nitrogens is 2. The molecule has 4 aromatic carbocycles. The van der Waals surface area contributed by atoms with Crippen LogP contribution in [0.2, 0.25) is 0 Å². The molecule has 0 saturated heterocycles. The first kappa shape index (κ1) is 22.5. The van der Waals surface area contributed by atoms with Gasteiger partial charge in [-0.3, -0.25) is 4.79 Å². The molecule has 35 heavy (non-hydrogen) atoms. The predicted octanol–water partition coefficient (Wildman–Crippen LogP) is 5.60. The second-order valence-corrected chi connectivity index (χ2v) is 8.26. The highest BCUT2D eigenvalue weighted by atomic mass is 16.5. The second kappa shape index (κ2) is 10.3. The van der Waals surface area contributed by atoms with E-state index in [1.807, 2.05) is 48.5 Å². The van der Waals surface area contributed by atoms with Crippen LogP contribution in [0.25, 0.3) is 21.8 Å². The van der Waals surface area contributed by atoms with Crippen LogP contribution in [0.1, 0.15) is 22.6 Å². The van der Waals surface area contributed by atoms with Gasteiger partial charge in [0.25, 0.3) is 5.91 Å². The van der Waals surface area contributed by atoms with Crippen LogP contribution in [0.3, 0.4) is 0 Å². The minimum absolute atomic E-state index is 0.165. The van der Waals surface area contributed by atoms with E-state index in [4.69, 9.17) is 14.5 Å². The van der Waals surface area contributed by atoms with Crippen LogP contribution in [0.15, 0.2) is 91.0 Å². The fourth-order valence-corrected chi connectivity index (χ4v) is 4.26. The minimum atomic E-state index is -0.165. The van der Waals surface area contributed by atoms with Crippen LogP contribution in [0, 0.1) is 0 Å². The Labute approximate surface area is 204 Å². The lowest BCUT2D eigenvalue weighted by Gasteiger charge is -2.12. The Bertz CT molecular complexity index is 1470. The summed E-state index contributed by atoms with van der Waals surface area (Å²) in [5.41, 5.74) is 2.51. The number of aryl methyl sites for hydroxylation is 1. The topological polar surface area (TPSA) is 65.4 Å². The van der Waals surface area contributed by atoms with Gasteiger partial charge in [-0.25, -0.2) is 4.98 Å². The van der Waals surface area contributed by atoms with Gasteiger partial charge in [0, 0.05) is 17.5 Å². The summed E-state index contributed by atoms with van der Waals surface area (Å²) < 4.78 is 13.5. The van der Waals surface area contributed by atoms with Gasteiger partial charge in [0.15, 0.2) is 0 Å². The molecule has 1 heterocycles. The first-order valence-corrected chi connectivity index (χ1v) is 11.7. The zero-order valence-electron chi connectivity index (χ0n) is 19.6. The number of nitrogens with zero attached hydrogens (tertiary/aromatic N) is 2.